The van der Waals surface area contributed by atoms with Crippen molar-refractivity contribution in [2.75, 3.05) is 19.6 Å². The molecule has 0 bridgehead atoms. The number of carbonyl (C=O) groups excluding carboxylic acids is 1. The van der Waals surface area contributed by atoms with E-state index in [2.05, 4.69) is 15.7 Å². The van der Waals surface area contributed by atoms with Crippen LogP contribution >= 0.6 is 12.4 Å². The first kappa shape index (κ1) is 18.4. The predicted molar refractivity (Wildman–Crippen MR) is 93.4 cm³/mol. The molecule has 1 amide bonds. The predicted octanol–water partition coefficient (Wildman–Crippen LogP) is 2.47. The minimum atomic E-state index is -0.294. The molecule has 1 saturated heterocycles. The molecule has 24 heavy (non-hydrogen) atoms. The molecular weight excluding hydrogens is 331 g/mol. The van der Waals surface area contributed by atoms with Crippen LogP contribution in [0.1, 0.15) is 28.9 Å². The lowest BCUT2D eigenvalue weighted by Crippen LogP contribution is -2.26. The van der Waals surface area contributed by atoms with E-state index < -0.39 is 0 Å². The summed E-state index contributed by atoms with van der Waals surface area (Å²) >= 11 is 0. The fourth-order valence-electron chi connectivity index (χ4n) is 2.92. The Labute approximate surface area is 147 Å². The van der Waals surface area contributed by atoms with Crippen molar-refractivity contribution in [3.05, 3.63) is 47.5 Å². The number of amides is 1. The maximum Gasteiger partial charge on any atom is 0.254 e. The van der Waals surface area contributed by atoms with Crippen LogP contribution in [0, 0.1) is 18.7 Å². The van der Waals surface area contributed by atoms with Crippen LogP contribution in [0.25, 0.3) is 5.69 Å². The second-order valence-electron chi connectivity index (χ2n) is 5.94. The number of halogens is 2. The van der Waals surface area contributed by atoms with Crippen LogP contribution in [0.3, 0.4) is 0 Å². The second kappa shape index (κ2) is 8.26. The SMILES string of the molecule is Cc1c(C(=O)NCCC2CCNC2)cnn1-c1ccc(F)cc1.Cl. The lowest BCUT2D eigenvalue weighted by molar-refractivity contribution is 0.0951. The first-order valence-electron chi connectivity index (χ1n) is 7.94. The van der Waals surface area contributed by atoms with Crippen molar-refractivity contribution in [2.45, 2.75) is 19.8 Å². The quantitative estimate of drug-likeness (QED) is 0.869. The van der Waals surface area contributed by atoms with E-state index in [-0.39, 0.29) is 24.1 Å². The van der Waals surface area contributed by atoms with Crippen molar-refractivity contribution in [2.24, 2.45) is 5.92 Å². The second-order valence-corrected chi connectivity index (χ2v) is 5.94. The molecule has 1 aliphatic rings. The Bertz CT molecular complexity index is 680. The molecule has 0 aliphatic carbocycles. The van der Waals surface area contributed by atoms with Gasteiger partial charge in [-0.05, 0) is 63.0 Å². The van der Waals surface area contributed by atoms with Crippen molar-refractivity contribution < 1.29 is 9.18 Å². The number of benzene rings is 1. The first-order valence-corrected chi connectivity index (χ1v) is 7.94. The van der Waals surface area contributed by atoms with Gasteiger partial charge in [0.05, 0.1) is 23.1 Å². The summed E-state index contributed by atoms with van der Waals surface area (Å²) in [6.45, 7) is 4.62. The molecule has 1 fully saturated rings. The van der Waals surface area contributed by atoms with E-state index in [4.69, 9.17) is 0 Å². The van der Waals surface area contributed by atoms with E-state index in [1.54, 1.807) is 23.0 Å². The fraction of sp³-hybridized carbons (Fsp3) is 0.412. The normalized spacial score (nSPS) is 16.7. The third-order valence-electron chi connectivity index (χ3n) is 4.33. The molecule has 0 radical (unpaired) electrons. The van der Waals surface area contributed by atoms with Gasteiger partial charge in [-0.25, -0.2) is 9.07 Å². The Hall–Kier alpha value is -1.92. The molecule has 7 heteroatoms. The maximum absolute atomic E-state index is 13.0. The molecule has 1 atom stereocenters. The summed E-state index contributed by atoms with van der Waals surface area (Å²) in [5.74, 6) is 0.248. The monoisotopic (exact) mass is 352 g/mol. The van der Waals surface area contributed by atoms with Gasteiger partial charge in [-0.15, -0.1) is 12.4 Å². The van der Waals surface area contributed by atoms with Crippen LogP contribution < -0.4 is 10.6 Å². The number of carbonyl (C=O) groups is 1. The summed E-state index contributed by atoms with van der Waals surface area (Å²) in [5.41, 5.74) is 2.04. The zero-order chi connectivity index (χ0) is 16.2. The molecule has 0 spiro atoms. The largest absolute Gasteiger partial charge is 0.352 e. The number of hydrogen-bond acceptors (Lipinski definition) is 3. The molecule has 1 aromatic carbocycles. The van der Waals surface area contributed by atoms with Gasteiger partial charge in [-0.2, -0.15) is 5.10 Å². The molecule has 1 aromatic heterocycles. The van der Waals surface area contributed by atoms with Crippen LogP contribution in [-0.4, -0.2) is 35.3 Å². The van der Waals surface area contributed by atoms with Gasteiger partial charge in [0.2, 0.25) is 0 Å². The van der Waals surface area contributed by atoms with Crippen LogP contribution in [0.4, 0.5) is 4.39 Å². The van der Waals surface area contributed by atoms with Crippen molar-refractivity contribution in [1.29, 1.82) is 0 Å². The van der Waals surface area contributed by atoms with Gasteiger partial charge in [0.1, 0.15) is 5.82 Å². The van der Waals surface area contributed by atoms with Crippen LogP contribution in [0.15, 0.2) is 30.5 Å². The van der Waals surface area contributed by atoms with Gasteiger partial charge < -0.3 is 10.6 Å². The van der Waals surface area contributed by atoms with Crippen molar-refractivity contribution >= 4 is 18.3 Å². The summed E-state index contributed by atoms with van der Waals surface area (Å²) in [5, 5.41) is 10.5. The number of hydrogen-bond donors (Lipinski definition) is 2. The minimum Gasteiger partial charge on any atom is -0.352 e. The van der Waals surface area contributed by atoms with E-state index >= 15 is 0 Å². The smallest absolute Gasteiger partial charge is 0.254 e. The van der Waals surface area contributed by atoms with Crippen LogP contribution in [-0.2, 0) is 0 Å². The maximum atomic E-state index is 13.0. The average molecular weight is 353 g/mol. The fourth-order valence-corrected chi connectivity index (χ4v) is 2.92. The van der Waals surface area contributed by atoms with Gasteiger partial charge in [-0.3, -0.25) is 4.79 Å². The molecule has 130 valence electrons. The molecule has 2 heterocycles. The van der Waals surface area contributed by atoms with E-state index in [0.29, 0.717) is 18.0 Å². The van der Waals surface area contributed by atoms with E-state index in [1.807, 2.05) is 6.92 Å². The van der Waals surface area contributed by atoms with Gasteiger partial charge in [0.25, 0.3) is 5.91 Å². The van der Waals surface area contributed by atoms with Gasteiger partial charge in [0, 0.05) is 6.54 Å². The Morgan fingerprint density at radius 2 is 2.17 bits per heavy atom. The van der Waals surface area contributed by atoms with E-state index in [1.165, 1.54) is 18.6 Å². The molecule has 1 aliphatic heterocycles. The zero-order valence-electron chi connectivity index (χ0n) is 13.6. The highest BCUT2D eigenvalue weighted by atomic mass is 35.5. The lowest BCUT2D eigenvalue weighted by Gasteiger charge is -2.09. The summed E-state index contributed by atoms with van der Waals surface area (Å²) in [4.78, 5) is 12.3. The van der Waals surface area contributed by atoms with E-state index in [9.17, 15) is 9.18 Å². The zero-order valence-corrected chi connectivity index (χ0v) is 14.4. The van der Waals surface area contributed by atoms with Crippen molar-refractivity contribution in [3.8, 4) is 5.69 Å². The molecule has 0 saturated carbocycles. The Morgan fingerprint density at radius 1 is 1.42 bits per heavy atom. The molecule has 2 N–H and O–H groups in total. The minimum absolute atomic E-state index is 0. The summed E-state index contributed by atoms with van der Waals surface area (Å²) < 4.78 is 14.7. The van der Waals surface area contributed by atoms with Gasteiger partial charge in [0.15, 0.2) is 0 Å². The third-order valence-corrected chi connectivity index (χ3v) is 4.33. The average Bonchev–Trinajstić information content (AvgIpc) is 3.18. The molecule has 1 unspecified atom stereocenters. The highest BCUT2D eigenvalue weighted by molar-refractivity contribution is 5.95. The summed E-state index contributed by atoms with van der Waals surface area (Å²) in [6, 6.07) is 6.05. The highest BCUT2D eigenvalue weighted by Crippen LogP contribution is 2.15. The van der Waals surface area contributed by atoms with Crippen LogP contribution in [0.2, 0.25) is 0 Å². The lowest BCUT2D eigenvalue weighted by atomic mass is 10.1. The van der Waals surface area contributed by atoms with Crippen LogP contribution in [0.5, 0.6) is 0 Å². The molecular formula is C17H22ClFN4O. The van der Waals surface area contributed by atoms with Crippen molar-refractivity contribution in [1.82, 2.24) is 20.4 Å². The molecule has 3 rings (SSSR count). The van der Waals surface area contributed by atoms with Crippen molar-refractivity contribution in [3.63, 3.8) is 0 Å². The van der Waals surface area contributed by atoms with Gasteiger partial charge >= 0.3 is 0 Å². The first-order chi connectivity index (χ1) is 11.1. The topological polar surface area (TPSA) is 59.0 Å². The summed E-state index contributed by atoms with van der Waals surface area (Å²) in [7, 11) is 0. The number of nitrogens with one attached hydrogen (secondary N) is 2. The van der Waals surface area contributed by atoms with E-state index in [0.717, 1.165) is 30.9 Å². The number of aromatic nitrogens is 2. The Balaban J connectivity index is 0.00000208. The standard InChI is InChI=1S/C17H21FN4O.ClH/c1-12-16(17(23)20-9-7-13-6-8-19-10-13)11-21-22(12)15-4-2-14(18)3-5-15;/h2-5,11,13,19H,6-10H2,1H3,(H,20,23);1H. The molecule has 2 aromatic rings. The summed E-state index contributed by atoms with van der Waals surface area (Å²) in [6.07, 6.45) is 3.73. The Kier molecular flexibility index (Phi) is 6.34. The molecule has 5 nitrogen and oxygen atoms in total. The number of nitrogens with zero attached hydrogens (tertiary/aromatic N) is 2. The Morgan fingerprint density at radius 3 is 2.83 bits per heavy atom. The van der Waals surface area contributed by atoms with Gasteiger partial charge in [-0.1, -0.05) is 0 Å². The third kappa shape index (κ3) is 4.13. The number of rotatable bonds is 5. The highest BCUT2D eigenvalue weighted by Gasteiger charge is 2.17.